The number of hydrogen-bond acceptors (Lipinski definition) is 9. The number of nitriles is 1. The second kappa shape index (κ2) is 11.1. The molecule has 32 heavy (non-hydrogen) atoms. The number of non-ortho nitro benzene ring substituents is 1. The summed E-state index contributed by atoms with van der Waals surface area (Å²) in [6.45, 7) is 3.86. The van der Waals surface area contributed by atoms with Gasteiger partial charge in [-0.05, 0) is 33.5 Å². The molecule has 0 bridgehead atoms. The van der Waals surface area contributed by atoms with Gasteiger partial charge in [0.05, 0.1) is 34.5 Å². The molecule has 1 aromatic carbocycles. The number of allylic oxidation sites excluding steroid dienone is 2. The van der Waals surface area contributed by atoms with E-state index in [9.17, 15) is 19.7 Å². The summed E-state index contributed by atoms with van der Waals surface area (Å²) in [5.41, 5.74) is 1.43. The van der Waals surface area contributed by atoms with Gasteiger partial charge in [-0.1, -0.05) is 12.1 Å². The normalized spacial score (nSPS) is 15.8. The fraction of sp³-hybridized carbons (Fsp3) is 0.409. The number of nitro groups is 1. The van der Waals surface area contributed by atoms with Gasteiger partial charge in [-0.2, -0.15) is 5.26 Å². The van der Waals surface area contributed by atoms with Crippen molar-refractivity contribution in [2.45, 2.75) is 26.2 Å². The highest BCUT2D eigenvalue weighted by Crippen LogP contribution is 2.40. The first kappa shape index (κ1) is 24.6. The van der Waals surface area contributed by atoms with Crippen LogP contribution in [-0.4, -0.2) is 55.6 Å². The van der Waals surface area contributed by atoms with E-state index in [0.717, 1.165) is 0 Å². The lowest BCUT2D eigenvalue weighted by molar-refractivity contribution is -0.384. The molecule has 10 nitrogen and oxygen atoms in total. The Hall–Kier alpha value is -3.71. The van der Waals surface area contributed by atoms with E-state index >= 15 is 0 Å². The van der Waals surface area contributed by atoms with Crippen LogP contribution in [0.5, 0.6) is 0 Å². The Morgan fingerprint density at radius 2 is 1.75 bits per heavy atom. The summed E-state index contributed by atoms with van der Waals surface area (Å²) in [6.07, 6.45) is 0.0152. The van der Waals surface area contributed by atoms with E-state index in [0.29, 0.717) is 23.5 Å². The maximum atomic E-state index is 13.0. The maximum Gasteiger partial charge on any atom is 0.336 e. The predicted octanol–water partition coefficient (Wildman–Crippen LogP) is 2.39. The van der Waals surface area contributed by atoms with Crippen LogP contribution in [0.4, 0.5) is 5.69 Å². The van der Waals surface area contributed by atoms with Crippen molar-refractivity contribution in [3.63, 3.8) is 0 Å². The van der Waals surface area contributed by atoms with E-state index in [1.54, 1.807) is 19.9 Å². The van der Waals surface area contributed by atoms with Gasteiger partial charge >= 0.3 is 11.9 Å². The molecule has 0 radical (unpaired) electrons. The Kier molecular flexibility index (Phi) is 8.49. The molecule has 1 aromatic rings. The summed E-state index contributed by atoms with van der Waals surface area (Å²) in [4.78, 5) is 38.6. The van der Waals surface area contributed by atoms with Gasteiger partial charge in [0, 0.05) is 30.1 Å². The molecule has 1 N–H and O–H groups in total. The van der Waals surface area contributed by atoms with Crippen molar-refractivity contribution >= 4 is 17.6 Å². The number of nitrogens with zero attached hydrogens (tertiary/aromatic N) is 3. The van der Waals surface area contributed by atoms with Crippen molar-refractivity contribution < 1.29 is 24.0 Å². The number of benzene rings is 1. The maximum absolute atomic E-state index is 13.0. The number of nitro benzene ring substituents is 1. The SMILES string of the molecule is CC1=C(C(=O)OCCC#N)C(c2cccc([N+](=O)[O-])c2)C(C(=O)OCCN(C)C)=C(C)N1. The second-order valence-electron chi connectivity index (χ2n) is 7.47. The molecule has 1 aliphatic rings. The van der Waals surface area contributed by atoms with Crippen molar-refractivity contribution in [3.8, 4) is 6.07 Å². The van der Waals surface area contributed by atoms with Crippen molar-refractivity contribution in [3.05, 3.63) is 62.5 Å². The van der Waals surface area contributed by atoms with Crippen LogP contribution in [0.25, 0.3) is 0 Å². The number of rotatable bonds is 9. The average Bonchev–Trinajstić information content (AvgIpc) is 2.72. The fourth-order valence-corrected chi connectivity index (χ4v) is 3.35. The lowest BCUT2D eigenvalue weighted by Crippen LogP contribution is -2.33. The van der Waals surface area contributed by atoms with Crippen molar-refractivity contribution in [2.75, 3.05) is 33.9 Å². The topological polar surface area (TPSA) is 135 Å². The smallest absolute Gasteiger partial charge is 0.336 e. The number of ether oxygens (including phenoxy) is 2. The van der Waals surface area contributed by atoms with Gasteiger partial charge in [0.2, 0.25) is 0 Å². The van der Waals surface area contributed by atoms with E-state index < -0.39 is 22.8 Å². The first-order valence-corrected chi connectivity index (χ1v) is 9.96. The van der Waals surface area contributed by atoms with E-state index in [4.69, 9.17) is 14.7 Å². The second-order valence-corrected chi connectivity index (χ2v) is 7.47. The molecule has 1 unspecified atom stereocenters. The third-order valence-electron chi connectivity index (χ3n) is 4.83. The average molecular weight is 442 g/mol. The lowest BCUT2D eigenvalue weighted by atomic mass is 9.80. The van der Waals surface area contributed by atoms with Crippen molar-refractivity contribution in [1.29, 1.82) is 5.26 Å². The summed E-state index contributed by atoms with van der Waals surface area (Å²) >= 11 is 0. The summed E-state index contributed by atoms with van der Waals surface area (Å²) in [7, 11) is 3.68. The molecule has 0 spiro atoms. The van der Waals surface area contributed by atoms with Gasteiger partial charge < -0.3 is 19.7 Å². The molecular weight excluding hydrogens is 416 g/mol. The summed E-state index contributed by atoms with van der Waals surface area (Å²) < 4.78 is 10.6. The van der Waals surface area contributed by atoms with Crippen LogP contribution in [0.15, 0.2) is 46.8 Å². The third-order valence-corrected chi connectivity index (χ3v) is 4.83. The van der Waals surface area contributed by atoms with Gasteiger partial charge in [0.25, 0.3) is 5.69 Å². The molecule has 0 saturated carbocycles. The van der Waals surface area contributed by atoms with Crippen LogP contribution < -0.4 is 5.32 Å². The van der Waals surface area contributed by atoms with Gasteiger partial charge in [0.1, 0.15) is 13.2 Å². The van der Waals surface area contributed by atoms with Crippen LogP contribution in [0, 0.1) is 21.4 Å². The quantitative estimate of drug-likeness (QED) is 0.265. The molecule has 0 fully saturated rings. The van der Waals surface area contributed by atoms with E-state index in [1.165, 1.54) is 18.2 Å². The van der Waals surface area contributed by atoms with Crippen LogP contribution >= 0.6 is 0 Å². The third kappa shape index (κ3) is 5.92. The molecule has 1 aliphatic heterocycles. The molecule has 10 heteroatoms. The Morgan fingerprint density at radius 1 is 1.16 bits per heavy atom. The highest BCUT2D eigenvalue weighted by Gasteiger charge is 2.38. The largest absolute Gasteiger partial charge is 0.461 e. The minimum Gasteiger partial charge on any atom is -0.461 e. The predicted molar refractivity (Wildman–Crippen MR) is 115 cm³/mol. The number of likely N-dealkylation sites (N-methyl/N-ethyl adjacent to an activating group) is 1. The Bertz CT molecular complexity index is 1010. The van der Waals surface area contributed by atoms with Crippen LogP contribution in [-0.2, 0) is 19.1 Å². The summed E-state index contributed by atoms with van der Waals surface area (Å²) in [5.74, 6) is -2.28. The lowest BCUT2D eigenvalue weighted by Gasteiger charge is -2.30. The van der Waals surface area contributed by atoms with Gasteiger partial charge in [-0.15, -0.1) is 0 Å². The van der Waals surface area contributed by atoms with Crippen molar-refractivity contribution in [2.24, 2.45) is 0 Å². The summed E-state index contributed by atoms with van der Waals surface area (Å²) in [6, 6.07) is 7.66. The molecule has 170 valence electrons. The van der Waals surface area contributed by atoms with E-state index in [2.05, 4.69) is 5.32 Å². The molecule has 1 heterocycles. The molecular formula is C22H26N4O6. The van der Waals surface area contributed by atoms with Gasteiger partial charge in [0.15, 0.2) is 0 Å². The Balaban J connectivity index is 2.53. The fourth-order valence-electron chi connectivity index (χ4n) is 3.35. The van der Waals surface area contributed by atoms with E-state index in [-0.39, 0.29) is 36.5 Å². The van der Waals surface area contributed by atoms with Gasteiger partial charge in [-0.25, -0.2) is 9.59 Å². The first-order valence-electron chi connectivity index (χ1n) is 9.96. The molecule has 0 amide bonds. The van der Waals surface area contributed by atoms with Crippen LogP contribution in [0.3, 0.4) is 0 Å². The zero-order chi connectivity index (χ0) is 23.8. The monoisotopic (exact) mass is 442 g/mol. The number of esters is 2. The molecule has 0 aromatic heterocycles. The Labute approximate surface area is 186 Å². The summed E-state index contributed by atoms with van der Waals surface area (Å²) in [5, 5.41) is 23.1. The van der Waals surface area contributed by atoms with Crippen molar-refractivity contribution in [1.82, 2.24) is 10.2 Å². The highest BCUT2D eigenvalue weighted by molar-refractivity contribution is 6.00. The number of nitrogens with one attached hydrogen (secondary N) is 1. The molecule has 2 rings (SSSR count). The molecule has 0 saturated heterocycles. The number of carbonyl (C=O) groups is 2. The zero-order valence-corrected chi connectivity index (χ0v) is 18.5. The highest BCUT2D eigenvalue weighted by atomic mass is 16.6. The minimum atomic E-state index is -0.933. The molecule has 0 aliphatic carbocycles. The number of hydrogen-bond donors (Lipinski definition) is 1. The Morgan fingerprint density at radius 3 is 2.28 bits per heavy atom. The van der Waals surface area contributed by atoms with Crippen LogP contribution in [0.1, 0.15) is 31.7 Å². The van der Waals surface area contributed by atoms with Gasteiger partial charge in [-0.3, -0.25) is 10.1 Å². The first-order chi connectivity index (χ1) is 15.2. The standard InChI is InChI=1S/C22H26N4O6/c1-14-18(21(27)31-11-6-9-23)20(16-7-5-8-17(13-16)26(29)30)19(15(2)24-14)22(28)32-12-10-25(3)4/h5,7-8,13,20,24H,6,10-12H2,1-4H3. The van der Waals surface area contributed by atoms with E-state index in [1.807, 2.05) is 25.1 Å². The van der Waals surface area contributed by atoms with Crippen LogP contribution in [0.2, 0.25) is 0 Å². The molecule has 1 atom stereocenters. The minimum absolute atomic E-state index is 0.0152. The zero-order valence-electron chi connectivity index (χ0n) is 18.5. The number of carbonyl (C=O) groups excluding carboxylic acids is 2. The number of dihydropyridines is 1.